The van der Waals surface area contributed by atoms with E-state index in [9.17, 15) is 4.39 Å². The molecule has 1 saturated heterocycles. The zero-order chi connectivity index (χ0) is 12.3. The van der Waals surface area contributed by atoms with Gasteiger partial charge in [0.15, 0.2) is 0 Å². The molecule has 0 spiro atoms. The van der Waals surface area contributed by atoms with E-state index in [1.54, 1.807) is 0 Å². The first-order chi connectivity index (χ1) is 8.17. The molecule has 0 bridgehead atoms. The van der Waals surface area contributed by atoms with Gasteiger partial charge in [0.05, 0.1) is 6.61 Å². The maximum absolute atomic E-state index is 13.1. The number of aryl methyl sites for hydroxylation is 1. The normalized spacial score (nSPS) is 16.9. The number of benzene rings is 1. The lowest BCUT2D eigenvalue weighted by molar-refractivity contribution is 0.0623. The summed E-state index contributed by atoms with van der Waals surface area (Å²) in [7, 11) is 0. The van der Waals surface area contributed by atoms with Crippen LogP contribution in [0.3, 0.4) is 0 Å². The van der Waals surface area contributed by atoms with Crippen LogP contribution in [0.5, 0.6) is 5.75 Å². The number of nitrogens with zero attached hydrogens (tertiary/aromatic N) is 1. The first-order valence-corrected chi connectivity index (χ1v) is 6.29. The van der Waals surface area contributed by atoms with Crippen LogP contribution in [0.2, 0.25) is 0 Å². The van der Waals surface area contributed by atoms with E-state index in [0.717, 1.165) is 18.7 Å². The van der Waals surface area contributed by atoms with Gasteiger partial charge in [-0.05, 0) is 37.6 Å². The average molecular weight is 237 g/mol. The Hall–Kier alpha value is -1.09. The van der Waals surface area contributed by atoms with Crippen LogP contribution in [0.15, 0.2) is 18.2 Å². The molecule has 0 aliphatic carbocycles. The molecule has 0 N–H and O–H groups in total. The monoisotopic (exact) mass is 237 g/mol. The van der Waals surface area contributed by atoms with Crippen molar-refractivity contribution in [1.29, 1.82) is 0 Å². The summed E-state index contributed by atoms with van der Waals surface area (Å²) in [5.41, 5.74) is 0.904. The standard InChI is InChI=1S/C14H20FNO/c1-3-4-16-8-12(9-16)10-17-14-6-11(2)5-13(15)7-14/h5-7,12H,3-4,8-10H2,1-2H3. The summed E-state index contributed by atoms with van der Waals surface area (Å²) in [6.45, 7) is 8.17. The van der Waals surface area contributed by atoms with Crippen LogP contribution < -0.4 is 4.74 Å². The summed E-state index contributed by atoms with van der Waals surface area (Å²) >= 11 is 0. The lowest BCUT2D eigenvalue weighted by Gasteiger charge is -2.38. The average Bonchev–Trinajstić information content (AvgIpc) is 2.19. The van der Waals surface area contributed by atoms with Gasteiger partial charge in [-0.25, -0.2) is 4.39 Å². The molecule has 3 heteroatoms. The summed E-state index contributed by atoms with van der Waals surface area (Å²) < 4.78 is 18.8. The van der Waals surface area contributed by atoms with E-state index in [1.807, 2.05) is 13.0 Å². The van der Waals surface area contributed by atoms with Crippen LogP contribution in [0.25, 0.3) is 0 Å². The van der Waals surface area contributed by atoms with Gasteiger partial charge in [-0.3, -0.25) is 0 Å². The second-order valence-electron chi connectivity index (χ2n) is 4.90. The summed E-state index contributed by atoms with van der Waals surface area (Å²) in [4.78, 5) is 2.42. The third kappa shape index (κ3) is 3.43. The summed E-state index contributed by atoms with van der Waals surface area (Å²) in [5.74, 6) is 1.03. The molecule has 1 heterocycles. The van der Waals surface area contributed by atoms with Crippen molar-refractivity contribution in [3.63, 3.8) is 0 Å². The smallest absolute Gasteiger partial charge is 0.127 e. The highest BCUT2D eigenvalue weighted by atomic mass is 19.1. The molecular weight excluding hydrogens is 217 g/mol. The first kappa shape index (κ1) is 12.4. The molecule has 0 unspecified atom stereocenters. The van der Waals surface area contributed by atoms with Crippen LogP contribution >= 0.6 is 0 Å². The van der Waals surface area contributed by atoms with Crippen molar-refractivity contribution in [1.82, 2.24) is 4.90 Å². The van der Waals surface area contributed by atoms with Crippen LogP contribution in [0.4, 0.5) is 4.39 Å². The molecule has 1 aromatic carbocycles. The minimum Gasteiger partial charge on any atom is -0.493 e. The van der Waals surface area contributed by atoms with Crippen molar-refractivity contribution in [3.8, 4) is 5.75 Å². The third-order valence-electron chi connectivity index (χ3n) is 3.07. The van der Waals surface area contributed by atoms with Gasteiger partial charge in [0.2, 0.25) is 0 Å². The number of ether oxygens (including phenoxy) is 1. The highest BCUT2D eigenvalue weighted by molar-refractivity contribution is 5.28. The van der Waals surface area contributed by atoms with E-state index in [4.69, 9.17) is 4.74 Å². The van der Waals surface area contributed by atoms with Crippen molar-refractivity contribution in [2.24, 2.45) is 5.92 Å². The van der Waals surface area contributed by atoms with Gasteiger partial charge in [0.25, 0.3) is 0 Å². The van der Waals surface area contributed by atoms with E-state index >= 15 is 0 Å². The molecule has 1 aromatic rings. The van der Waals surface area contributed by atoms with Crippen molar-refractivity contribution in [2.75, 3.05) is 26.2 Å². The zero-order valence-electron chi connectivity index (χ0n) is 10.6. The highest BCUT2D eigenvalue weighted by Gasteiger charge is 2.26. The van der Waals surface area contributed by atoms with Crippen molar-refractivity contribution >= 4 is 0 Å². The van der Waals surface area contributed by atoms with Crippen LogP contribution in [-0.4, -0.2) is 31.1 Å². The molecule has 0 saturated carbocycles. The van der Waals surface area contributed by atoms with E-state index in [1.165, 1.54) is 25.1 Å². The summed E-state index contributed by atoms with van der Waals surface area (Å²) in [6, 6.07) is 4.85. The van der Waals surface area contributed by atoms with Crippen molar-refractivity contribution in [3.05, 3.63) is 29.6 Å². The maximum atomic E-state index is 13.1. The first-order valence-electron chi connectivity index (χ1n) is 6.29. The summed E-state index contributed by atoms with van der Waals surface area (Å²) in [6.07, 6.45) is 1.21. The third-order valence-corrected chi connectivity index (χ3v) is 3.07. The van der Waals surface area contributed by atoms with Crippen molar-refractivity contribution in [2.45, 2.75) is 20.3 Å². The molecular formula is C14H20FNO. The fourth-order valence-corrected chi connectivity index (χ4v) is 2.28. The number of hydrogen-bond acceptors (Lipinski definition) is 2. The zero-order valence-corrected chi connectivity index (χ0v) is 10.6. The van der Waals surface area contributed by atoms with Gasteiger partial charge in [-0.1, -0.05) is 6.92 Å². The van der Waals surface area contributed by atoms with Crippen LogP contribution in [0, 0.1) is 18.7 Å². The van der Waals surface area contributed by atoms with Gasteiger partial charge in [0, 0.05) is 25.1 Å². The molecule has 1 fully saturated rings. The molecule has 0 radical (unpaired) electrons. The Labute approximate surface area is 102 Å². The second-order valence-corrected chi connectivity index (χ2v) is 4.90. The Balaban J connectivity index is 1.76. The lowest BCUT2D eigenvalue weighted by Crippen LogP contribution is -2.49. The molecule has 1 aliphatic heterocycles. The van der Waals surface area contributed by atoms with Gasteiger partial charge in [0.1, 0.15) is 11.6 Å². The Morgan fingerprint density at radius 1 is 1.35 bits per heavy atom. The van der Waals surface area contributed by atoms with Crippen LogP contribution in [-0.2, 0) is 0 Å². The fourth-order valence-electron chi connectivity index (χ4n) is 2.28. The summed E-state index contributed by atoms with van der Waals surface area (Å²) in [5, 5.41) is 0. The Morgan fingerprint density at radius 2 is 2.12 bits per heavy atom. The largest absolute Gasteiger partial charge is 0.493 e. The van der Waals surface area contributed by atoms with Gasteiger partial charge < -0.3 is 9.64 Å². The Morgan fingerprint density at radius 3 is 2.76 bits per heavy atom. The van der Waals surface area contributed by atoms with Gasteiger partial charge >= 0.3 is 0 Å². The number of likely N-dealkylation sites (tertiary alicyclic amines) is 1. The second kappa shape index (κ2) is 5.50. The molecule has 2 rings (SSSR count). The molecule has 17 heavy (non-hydrogen) atoms. The topological polar surface area (TPSA) is 12.5 Å². The Bertz CT molecular complexity index is 354. The van der Waals surface area contributed by atoms with Gasteiger partial charge in [-0.15, -0.1) is 0 Å². The van der Waals surface area contributed by atoms with Crippen molar-refractivity contribution < 1.29 is 9.13 Å². The SMILES string of the molecule is CCCN1CC(COc2cc(C)cc(F)c2)C1. The molecule has 0 aromatic heterocycles. The lowest BCUT2D eigenvalue weighted by atomic mass is 10.0. The quantitative estimate of drug-likeness (QED) is 0.780. The predicted molar refractivity (Wildman–Crippen MR) is 66.9 cm³/mol. The number of hydrogen-bond donors (Lipinski definition) is 0. The maximum Gasteiger partial charge on any atom is 0.127 e. The minimum atomic E-state index is -0.221. The molecule has 0 amide bonds. The van der Waals surface area contributed by atoms with E-state index in [-0.39, 0.29) is 5.82 Å². The minimum absolute atomic E-state index is 0.221. The number of rotatable bonds is 5. The Kier molecular flexibility index (Phi) is 4.00. The van der Waals surface area contributed by atoms with Gasteiger partial charge in [-0.2, -0.15) is 0 Å². The molecule has 0 atom stereocenters. The fraction of sp³-hybridized carbons (Fsp3) is 0.571. The number of halogens is 1. The van der Waals surface area contributed by atoms with E-state index < -0.39 is 0 Å². The van der Waals surface area contributed by atoms with E-state index in [0.29, 0.717) is 18.3 Å². The molecule has 1 aliphatic rings. The van der Waals surface area contributed by atoms with E-state index in [2.05, 4.69) is 11.8 Å². The molecule has 2 nitrogen and oxygen atoms in total. The highest BCUT2D eigenvalue weighted by Crippen LogP contribution is 2.20. The van der Waals surface area contributed by atoms with Crippen LogP contribution in [0.1, 0.15) is 18.9 Å². The predicted octanol–water partition coefficient (Wildman–Crippen LogP) is 2.85. The molecule has 94 valence electrons.